The zero-order valence-corrected chi connectivity index (χ0v) is 39.8. The molecule has 0 aromatic heterocycles. The third kappa shape index (κ3) is 8.18. The number of methoxy groups -OCH3 is 3. The first-order valence-electron chi connectivity index (χ1n) is 23.7. The molecular weight excluding hydrogens is 861 g/mol. The number of benzene rings is 1. The van der Waals surface area contributed by atoms with Gasteiger partial charge in [-0.15, -0.1) is 0 Å². The Morgan fingerprint density at radius 3 is 1.83 bits per heavy atom. The van der Waals surface area contributed by atoms with Gasteiger partial charge in [0, 0.05) is 46.5 Å². The summed E-state index contributed by atoms with van der Waals surface area (Å²) < 4.78 is 62.1. The Morgan fingerprint density at radius 1 is 0.727 bits per heavy atom. The SMILES string of the molecule is COC1CC(OC2C(C)OC(OC3C(C)OC(O[C@H]4CC[C@@]5(C)C(=CC[C@]6(O)[C@@H]5C[C@@H](OC(=O)c5ccc(O)cc5)[C@@]5(C)[C@]6(O)CC[C@@]5(O)C(C)=O)C4)CC3OC)CC2OC)OC(C)C1O. The molecule has 12 unspecified atom stereocenters. The summed E-state index contributed by atoms with van der Waals surface area (Å²) in [7, 11) is 4.82. The fourth-order valence-electron chi connectivity index (χ4n) is 13.2. The highest BCUT2D eigenvalue weighted by Gasteiger charge is 2.81. The van der Waals surface area contributed by atoms with Crippen LogP contribution in [0.25, 0.3) is 0 Å². The maximum absolute atomic E-state index is 13.7. The molecule has 370 valence electrons. The number of ketones is 1. The molecule has 5 N–H and O–H groups in total. The monoisotopic (exact) mass is 932 g/mol. The number of phenolic OH excluding ortho intramolecular Hbond substituents is 1. The van der Waals surface area contributed by atoms with Gasteiger partial charge in [0.25, 0.3) is 0 Å². The minimum Gasteiger partial charge on any atom is -0.508 e. The zero-order chi connectivity index (χ0) is 47.7. The van der Waals surface area contributed by atoms with Crippen molar-refractivity contribution in [3.8, 4) is 5.75 Å². The first kappa shape index (κ1) is 49.8. The first-order valence-corrected chi connectivity index (χ1v) is 23.7. The summed E-state index contributed by atoms with van der Waals surface area (Å²) in [4.78, 5) is 27.0. The Kier molecular flexibility index (Phi) is 14.0. The topological polar surface area (TPSA) is 228 Å². The Bertz CT molecular complexity index is 1950. The Labute approximate surface area is 387 Å². The lowest BCUT2D eigenvalue weighted by Gasteiger charge is -2.67. The largest absolute Gasteiger partial charge is 0.508 e. The van der Waals surface area contributed by atoms with Crippen molar-refractivity contribution in [3.63, 3.8) is 0 Å². The van der Waals surface area contributed by atoms with Gasteiger partial charge in [0.15, 0.2) is 24.7 Å². The van der Waals surface area contributed by atoms with E-state index in [1.54, 1.807) is 35.2 Å². The lowest BCUT2D eigenvalue weighted by Crippen LogP contribution is -2.78. The number of rotatable bonds is 12. The van der Waals surface area contributed by atoms with Gasteiger partial charge < -0.3 is 72.9 Å². The Balaban J connectivity index is 0.927. The minimum absolute atomic E-state index is 0.0274. The van der Waals surface area contributed by atoms with Gasteiger partial charge in [-0.05, 0) is 109 Å². The molecule has 0 radical (unpaired) electrons. The van der Waals surface area contributed by atoms with E-state index in [0.29, 0.717) is 38.5 Å². The fourth-order valence-corrected chi connectivity index (χ4v) is 13.2. The van der Waals surface area contributed by atoms with Gasteiger partial charge in [0.1, 0.15) is 47.0 Å². The second-order valence-corrected chi connectivity index (χ2v) is 20.5. The van der Waals surface area contributed by atoms with Crippen LogP contribution in [0, 0.1) is 16.7 Å². The van der Waals surface area contributed by atoms with E-state index in [0.717, 1.165) is 5.57 Å². The summed E-state index contributed by atoms with van der Waals surface area (Å²) in [6, 6.07) is 5.59. The van der Waals surface area contributed by atoms with Crippen LogP contribution in [-0.2, 0) is 52.2 Å². The third-order valence-corrected chi connectivity index (χ3v) is 17.2. The van der Waals surface area contributed by atoms with Crippen molar-refractivity contribution in [2.24, 2.45) is 16.7 Å². The summed E-state index contributed by atoms with van der Waals surface area (Å²) in [6.07, 6.45) is -2.66. The highest BCUT2D eigenvalue weighted by Crippen LogP contribution is 2.71. The van der Waals surface area contributed by atoms with Gasteiger partial charge in [-0.3, -0.25) is 4.79 Å². The Hall–Kier alpha value is -2.62. The van der Waals surface area contributed by atoms with Crippen LogP contribution < -0.4 is 0 Å². The van der Waals surface area contributed by atoms with Gasteiger partial charge >= 0.3 is 5.97 Å². The number of Topliss-reactive ketones (excluding diaryl/α,β-unsaturated/α-hetero) is 1. The molecule has 0 spiro atoms. The molecule has 20 atom stereocenters. The van der Waals surface area contributed by atoms with Crippen molar-refractivity contribution in [1.82, 2.24) is 0 Å². The van der Waals surface area contributed by atoms with E-state index >= 15 is 0 Å². The van der Waals surface area contributed by atoms with E-state index in [1.807, 2.05) is 19.9 Å². The predicted molar refractivity (Wildman–Crippen MR) is 233 cm³/mol. The van der Waals surface area contributed by atoms with Crippen LogP contribution in [0.5, 0.6) is 5.75 Å². The second kappa shape index (κ2) is 18.6. The van der Waals surface area contributed by atoms with Gasteiger partial charge in [-0.25, -0.2) is 4.79 Å². The van der Waals surface area contributed by atoms with Crippen LogP contribution in [0.1, 0.15) is 116 Å². The van der Waals surface area contributed by atoms with Crippen LogP contribution in [-0.4, -0.2) is 161 Å². The number of fused-ring (bicyclic) bond motifs is 5. The van der Waals surface area contributed by atoms with Crippen molar-refractivity contribution in [1.29, 1.82) is 0 Å². The minimum atomic E-state index is -2.07. The number of carbonyl (C=O) groups excluding carboxylic acids is 2. The van der Waals surface area contributed by atoms with Gasteiger partial charge in [-0.1, -0.05) is 18.6 Å². The van der Waals surface area contributed by atoms with Gasteiger partial charge in [0.2, 0.25) is 0 Å². The molecule has 4 aliphatic carbocycles. The smallest absolute Gasteiger partial charge is 0.338 e. The van der Waals surface area contributed by atoms with E-state index in [4.69, 9.17) is 47.4 Å². The molecule has 1 aromatic carbocycles. The van der Waals surface area contributed by atoms with E-state index in [-0.39, 0.29) is 49.2 Å². The fraction of sp³-hybridized carbons (Fsp3) is 0.796. The van der Waals surface area contributed by atoms with Crippen LogP contribution in [0.4, 0.5) is 0 Å². The molecular formula is C49H72O17. The number of esters is 1. The summed E-state index contributed by atoms with van der Waals surface area (Å²) in [5.41, 5.74) is -7.01. The average molecular weight is 933 g/mol. The maximum Gasteiger partial charge on any atom is 0.338 e. The molecule has 0 amide bonds. The quantitative estimate of drug-likeness (QED) is 0.147. The standard InChI is InChI=1S/C49H72O17/c1-25-41(52)33(57-7)21-39(60-25)65-43-27(3)62-40(23-35(43)59-9)66-42-26(2)61-38(22-34(42)58-8)63-32-15-16-45(5)30(20-32)14-17-48(55)36(45)24-37(64-44(53)29-10-12-31(51)13-11-29)46(6)47(54,28(4)50)18-19-49(46,48)56/h10-14,25-27,32-43,51-52,54-56H,15-24H2,1-9H3/t25?,26?,27?,32-,33?,34?,35?,36+,37+,38?,39?,40?,41?,42?,43?,45-,46+,47+,48-,49+/m0/s1. The van der Waals surface area contributed by atoms with Crippen LogP contribution in [0.3, 0.4) is 0 Å². The van der Waals surface area contributed by atoms with Gasteiger partial charge in [-0.2, -0.15) is 0 Å². The molecule has 17 heteroatoms. The molecule has 3 saturated carbocycles. The van der Waals surface area contributed by atoms with Crippen LogP contribution >= 0.6 is 0 Å². The molecule has 6 fully saturated rings. The van der Waals surface area contributed by atoms with Gasteiger partial charge in [0.05, 0.1) is 53.7 Å². The average Bonchev–Trinajstić information content (AvgIpc) is 3.51. The van der Waals surface area contributed by atoms with Crippen molar-refractivity contribution >= 4 is 11.8 Å². The number of aliphatic hydroxyl groups excluding tert-OH is 1. The first-order chi connectivity index (χ1) is 31.2. The van der Waals surface area contributed by atoms with E-state index in [1.165, 1.54) is 31.2 Å². The summed E-state index contributed by atoms with van der Waals surface area (Å²) in [6.45, 7) is 10.5. The zero-order valence-electron chi connectivity index (χ0n) is 39.8. The number of phenols is 1. The lowest BCUT2D eigenvalue weighted by molar-refractivity contribution is -0.338. The van der Waals surface area contributed by atoms with E-state index < -0.39 is 119 Å². The number of hydrogen-bond acceptors (Lipinski definition) is 17. The normalized spacial score (nSPS) is 48.1. The van der Waals surface area contributed by atoms with Crippen molar-refractivity contribution < 1.29 is 82.5 Å². The molecule has 3 heterocycles. The highest BCUT2D eigenvalue weighted by molar-refractivity contribution is 5.90. The number of hydrogen-bond donors (Lipinski definition) is 5. The predicted octanol–water partition coefficient (Wildman–Crippen LogP) is 4.01. The van der Waals surface area contributed by atoms with Crippen molar-refractivity contribution in [2.45, 2.75) is 209 Å². The summed E-state index contributed by atoms with van der Waals surface area (Å²) in [5.74, 6) is -1.94. The molecule has 0 bridgehead atoms. The van der Waals surface area contributed by atoms with Crippen LogP contribution in [0.2, 0.25) is 0 Å². The summed E-state index contributed by atoms with van der Waals surface area (Å²) in [5, 5.41) is 58.2. The lowest BCUT2D eigenvalue weighted by atomic mass is 9.42. The molecule has 3 aliphatic heterocycles. The van der Waals surface area contributed by atoms with Crippen LogP contribution in [0.15, 0.2) is 35.9 Å². The maximum atomic E-state index is 13.7. The molecule has 3 saturated heterocycles. The number of ether oxygens (including phenoxy) is 10. The molecule has 1 aromatic rings. The molecule has 66 heavy (non-hydrogen) atoms. The molecule has 8 rings (SSSR count). The number of carbonyl (C=O) groups is 2. The second-order valence-electron chi connectivity index (χ2n) is 20.5. The molecule has 7 aliphatic rings. The van der Waals surface area contributed by atoms with E-state index in [9.17, 15) is 35.1 Å². The summed E-state index contributed by atoms with van der Waals surface area (Å²) >= 11 is 0. The Morgan fingerprint density at radius 2 is 1.27 bits per heavy atom. The number of aromatic hydroxyl groups is 1. The van der Waals surface area contributed by atoms with Crippen molar-refractivity contribution in [3.05, 3.63) is 41.5 Å². The molecule has 17 nitrogen and oxygen atoms in total. The van der Waals surface area contributed by atoms with Crippen molar-refractivity contribution in [2.75, 3.05) is 21.3 Å². The third-order valence-electron chi connectivity index (χ3n) is 17.2. The number of aliphatic hydroxyl groups is 4. The van der Waals surface area contributed by atoms with E-state index in [2.05, 4.69) is 6.92 Å². The highest BCUT2D eigenvalue weighted by atomic mass is 16.7.